The van der Waals surface area contributed by atoms with Gasteiger partial charge in [0, 0.05) is 42.8 Å². The molecular weight excluding hydrogens is 390 g/mol. The number of nitrogens with one attached hydrogen (secondary N) is 1. The van der Waals surface area contributed by atoms with Crippen LogP contribution < -0.4 is 5.32 Å². The second-order valence-corrected chi connectivity index (χ2v) is 7.02. The number of imidazole rings is 1. The second-order valence-electron chi connectivity index (χ2n) is 7.02. The molecule has 5 rings (SSSR count). The molecule has 7 heteroatoms. The van der Waals surface area contributed by atoms with Gasteiger partial charge in [0.1, 0.15) is 11.2 Å². The molecule has 0 spiro atoms. The molecule has 0 aliphatic heterocycles. The maximum atomic E-state index is 12.7. The molecule has 0 atom stereocenters. The van der Waals surface area contributed by atoms with Crippen LogP contribution in [-0.4, -0.2) is 32.1 Å². The van der Waals surface area contributed by atoms with Gasteiger partial charge in [-0.05, 0) is 30.3 Å². The fourth-order valence-electron chi connectivity index (χ4n) is 3.49. The van der Waals surface area contributed by atoms with Gasteiger partial charge in [-0.3, -0.25) is 9.78 Å². The summed E-state index contributed by atoms with van der Waals surface area (Å²) in [6, 6.07) is 20.8. The number of pyridine rings is 1. The first-order valence-corrected chi connectivity index (χ1v) is 9.95. The number of rotatable bonds is 6. The van der Waals surface area contributed by atoms with E-state index in [1.807, 2.05) is 65.4 Å². The summed E-state index contributed by atoms with van der Waals surface area (Å²) in [4.78, 5) is 21.5. The van der Waals surface area contributed by atoms with Crippen molar-refractivity contribution in [1.82, 2.24) is 25.0 Å². The van der Waals surface area contributed by atoms with Crippen LogP contribution in [0.1, 0.15) is 10.4 Å². The van der Waals surface area contributed by atoms with Crippen molar-refractivity contribution in [3.05, 3.63) is 90.9 Å². The minimum atomic E-state index is -0.151. The van der Waals surface area contributed by atoms with E-state index >= 15 is 0 Å². The van der Waals surface area contributed by atoms with E-state index in [2.05, 4.69) is 20.4 Å². The lowest BCUT2D eigenvalue weighted by Gasteiger charge is -2.09. The third-order valence-corrected chi connectivity index (χ3v) is 5.02. The van der Waals surface area contributed by atoms with Crippen molar-refractivity contribution in [3.63, 3.8) is 0 Å². The van der Waals surface area contributed by atoms with Gasteiger partial charge in [0.2, 0.25) is 0 Å². The molecule has 1 N–H and O–H groups in total. The van der Waals surface area contributed by atoms with Crippen molar-refractivity contribution in [2.75, 3.05) is 6.54 Å². The maximum Gasteiger partial charge on any atom is 0.251 e. The van der Waals surface area contributed by atoms with Gasteiger partial charge in [0.15, 0.2) is 11.6 Å². The summed E-state index contributed by atoms with van der Waals surface area (Å²) in [5.74, 6) is 1.28. The second kappa shape index (κ2) is 8.23. The SMILES string of the molecule is O=C(NCCn1ccnc1-c1ccccn1)c1ccc2noc(-c3ccccc3)c2c1. The maximum absolute atomic E-state index is 12.7. The van der Waals surface area contributed by atoms with Crippen LogP contribution >= 0.6 is 0 Å². The average molecular weight is 409 g/mol. The molecule has 7 nitrogen and oxygen atoms in total. The number of fused-ring (bicyclic) bond motifs is 1. The normalized spacial score (nSPS) is 11.0. The Morgan fingerprint density at radius 1 is 0.968 bits per heavy atom. The average Bonchev–Trinajstić information content (AvgIpc) is 3.47. The van der Waals surface area contributed by atoms with Crippen LogP contribution in [0.25, 0.3) is 33.7 Å². The lowest BCUT2D eigenvalue weighted by molar-refractivity contribution is 0.0952. The highest BCUT2D eigenvalue weighted by Crippen LogP contribution is 2.29. The number of aromatic nitrogens is 4. The monoisotopic (exact) mass is 409 g/mol. The predicted octanol–water partition coefficient (Wildman–Crippen LogP) is 4.18. The van der Waals surface area contributed by atoms with E-state index in [9.17, 15) is 4.79 Å². The van der Waals surface area contributed by atoms with Crippen molar-refractivity contribution in [1.29, 1.82) is 0 Å². The third-order valence-electron chi connectivity index (χ3n) is 5.02. The van der Waals surface area contributed by atoms with Crippen molar-refractivity contribution >= 4 is 16.8 Å². The summed E-state index contributed by atoms with van der Waals surface area (Å²) in [6.45, 7) is 1.05. The highest BCUT2D eigenvalue weighted by Gasteiger charge is 2.14. The molecule has 0 saturated heterocycles. The Balaban J connectivity index is 1.30. The molecule has 0 bridgehead atoms. The van der Waals surface area contributed by atoms with Crippen molar-refractivity contribution < 1.29 is 9.32 Å². The highest BCUT2D eigenvalue weighted by molar-refractivity contribution is 6.00. The fraction of sp³-hybridized carbons (Fsp3) is 0.0833. The van der Waals surface area contributed by atoms with Crippen LogP contribution in [-0.2, 0) is 6.54 Å². The Labute approximate surface area is 178 Å². The number of carbonyl (C=O) groups excluding carboxylic acids is 1. The van der Waals surface area contributed by atoms with Crippen molar-refractivity contribution in [2.45, 2.75) is 6.54 Å². The molecule has 0 saturated carbocycles. The van der Waals surface area contributed by atoms with E-state index in [0.29, 0.717) is 29.9 Å². The van der Waals surface area contributed by atoms with Crippen LogP contribution in [0.2, 0.25) is 0 Å². The van der Waals surface area contributed by atoms with Crippen LogP contribution in [0.15, 0.2) is 89.8 Å². The summed E-state index contributed by atoms with van der Waals surface area (Å²) in [5.41, 5.74) is 2.99. The molecule has 5 aromatic rings. The lowest BCUT2D eigenvalue weighted by atomic mass is 10.1. The van der Waals surface area contributed by atoms with Crippen LogP contribution in [0, 0.1) is 0 Å². The van der Waals surface area contributed by atoms with Gasteiger partial charge in [-0.15, -0.1) is 0 Å². The molecule has 2 aromatic carbocycles. The van der Waals surface area contributed by atoms with E-state index in [0.717, 1.165) is 22.5 Å². The van der Waals surface area contributed by atoms with Gasteiger partial charge < -0.3 is 14.4 Å². The predicted molar refractivity (Wildman–Crippen MR) is 117 cm³/mol. The van der Waals surface area contributed by atoms with E-state index in [-0.39, 0.29) is 5.91 Å². The van der Waals surface area contributed by atoms with E-state index < -0.39 is 0 Å². The van der Waals surface area contributed by atoms with Crippen LogP contribution in [0.5, 0.6) is 0 Å². The third kappa shape index (κ3) is 3.81. The standard InChI is InChI=1S/C24H19N5O2/c30-24(27-13-15-29-14-12-26-23(29)21-8-4-5-11-25-21)18-9-10-20-19(16-18)22(31-28-20)17-6-2-1-3-7-17/h1-12,14,16H,13,15H2,(H,27,30). The molecule has 0 radical (unpaired) electrons. The molecule has 0 unspecified atom stereocenters. The van der Waals surface area contributed by atoms with Gasteiger partial charge in [-0.1, -0.05) is 41.6 Å². The molecule has 0 aliphatic carbocycles. The van der Waals surface area contributed by atoms with Crippen molar-refractivity contribution in [3.8, 4) is 22.8 Å². The van der Waals surface area contributed by atoms with Gasteiger partial charge in [-0.2, -0.15) is 0 Å². The zero-order valence-corrected chi connectivity index (χ0v) is 16.6. The summed E-state index contributed by atoms with van der Waals surface area (Å²) in [6.07, 6.45) is 5.35. The van der Waals surface area contributed by atoms with E-state index in [1.165, 1.54) is 0 Å². The quantitative estimate of drug-likeness (QED) is 0.455. The smallest absolute Gasteiger partial charge is 0.251 e. The molecule has 0 aliphatic rings. The summed E-state index contributed by atoms with van der Waals surface area (Å²) in [7, 11) is 0. The topological polar surface area (TPSA) is 85.8 Å². The first-order valence-electron chi connectivity index (χ1n) is 9.95. The summed E-state index contributed by atoms with van der Waals surface area (Å²) < 4.78 is 7.49. The molecular formula is C24H19N5O2. The van der Waals surface area contributed by atoms with E-state index in [1.54, 1.807) is 24.5 Å². The Bertz CT molecular complexity index is 1330. The number of nitrogens with zero attached hydrogens (tertiary/aromatic N) is 4. The minimum Gasteiger partial charge on any atom is -0.355 e. The molecule has 1 amide bonds. The summed E-state index contributed by atoms with van der Waals surface area (Å²) in [5, 5.41) is 7.89. The zero-order valence-electron chi connectivity index (χ0n) is 16.6. The lowest BCUT2D eigenvalue weighted by Crippen LogP contribution is -2.27. The highest BCUT2D eigenvalue weighted by atomic mass is 16.5. The number of hydrogen-bond donors (Lipinski definition) is 1. The molecule has 152 valence electrons. The van der Waals surface area contributed by atoms with Gasteiger partial charge in [-0.25, -0.2) is 4.98 Å². The number of amides is 1. The first-order chi connectivity index (χ1) is 15.3. The summed E-state index contributed by atoms with van der Waals surface area (Å²) >= 11 is 0. The number of hydrogen-bond acceptors (Lipinski definition) is 5. The van der Waals surface area contributed by atoms with Gasteiger partial charge in [0.05, 0.1) is 5.39 Å². The Kier molecular flexibility index (Phi) is 4.98. The Morgan fingerprint density at radius 3 is 2.68 bits per heavy atom. The molecule has 3 heterocycles. The largest absolute Gasteiger partial charge is 0.355 e. The molecule has 0 fully saturated rings. The van der Waals surface area contributed by atoms with E-state index in [4.69, 9.17) is 4.52 Å². The minimum absolute atomic E-state index is 0.151. The Hall–Kier alpha value is -4.26. The zero-order chi connectivity index (χ0) is 21.0. The first kappa shape index (κ1) is 18.7. The Morgan fingerprint density at radius 2 is 1.84 bits per heavy atom. The van der Waals surface area contributed by atoms with Gasteiger partial charge in [0.25, 0.3) is 5.91 Å². The van der Waals surface area contributed by atoms with Gasteiger partial charge >= 0.3 is 0 Å². The van der Waals surface area contributed by atoms with Crippen LogP contribution in [0.3, 0.4) is 0 Å². The molecule has 3 aromatic heterocycles. The van der Waals surface area contributed by atoms with Crippen LogP contribution in [0.4, 0.5) is 0 Å². The number of benzene rings is 2. The number of carbonyl (C=O) groups is 1. The fourth-order valence-corrected chi connectivity index (χ4v) is 3.49. The van der Waals surface area contributed by atoms with Crippen molar-refractivity contribution in [2.24, 2.45) is 0 Å². The molecule has 31 heavy (non-hydrogen) atoms.